The van der Waals surface area contributed by atoms with Crippen molar-refractivity contribution in [3.05, 3.63) is 58.6 Å². The molecule has 0 radical (unpaired) electrons. The van der Waals surface area contributed by atoms with Crippen LogP contribution in [0.5, 0.6) is 5.75 Å². The predicted molar refractivity (Wildman–Crippen MR) is 81.9 cm³/mol. The molecule has 1 N–H and O–H groups in total. The Morgan fingerprint density at radius 2 is 1.91 bits per heavy atom. The minimum atomic E-state index is -0.782. The topological polar surface area (TPSA) is 55.4 Å². The molecule has 0 saturated carbocycles. The molecule has 0 atom stereocenters. The van der Waals surface area contributed by atoms with E-state index in [-0.39, 0.29) is 27.9 Å². The number of carbonyl (C=O) groups is 2. The van der Waals surface area contributed by atoms with Crippen molar-refractivity contribution in [2.24, 2.45) is 0 Å². The van der Waals surface area contributed by atoms with E-state index in [1.54, 1.807) is 0 Å². The van der Waals surface area contributed by atoms with E-state index in [0.717, 1.165) is 18.2 Å². The van der Waals surface area contributed by atoms with Gasteiger partial charge in [-0.1, -0.05) is 11.6 Å². The van der Waals surface area contributed by atoms with Crippen LogP contribution in [0.25, 0.3) is 0 Å². The van der Waals surface area contributed by atoms with Crippen molar-refractivity contribution in [3.8, 4) is 5.75 Å². The van der Waals surface area contributed by atoms with Gasteiger partial charge in [0.25, 0.3) is 0 Å². The maximum absolute atomic E-state index is 13.9. The lowest BCUT2D eigenvalue weighted by molar-refractivity contribution is -0.114. The van der Waals surface area contributed by atoms with E-state index in [1.807, 2.05) is 0 Å². The normalized spacial score (nSPS) is 10.3. The Labute approximate surface area is 136 Å². The monoisotopic (exact) mass is 339 g/mol. The number of rotatable bonds is 5. The van der Waals surface area contributed by atoms with E-state index in [0.29, 0.717) is 0 Å². The number of carbonyl (C=O) groups excluding carboxylic acids is 2. The third-order valence-corrected chi connectivity index (χ3v) is 3.14. The lowest BCUT2D eigenvalue weighted by Gasteiger charge is -2.09. The molecular weight excluding hydrogens is 328 g/mol. The molecule has 7 heteroatoms. The van der Waals surface area contributed by atoms with E-state index in [1.165, 1.54) is 25.1 Å². The highest BCUT2D eigenvalue weighted by Crippen LogP contribution is 2.25. The quantitative estimate of drug-likeness (QED) is 0.842. The van der Waals surface area contributed by atoms with E-state index in [2.05, 4.69) is 5.32 Å². The Morgan fingerprint density at radius 1 is 1.17 bits per heavy atom. The lowest BCUT2D eigenvalue weighted by atomic mass is 10.1. The molecule has 0 bridgehead atoms. The highest BCUT2D eigenvalue weighted by atomic mass is 35.5. The summed E-state index contributed by atoms with van der Waals surface area (Å²) >= 11 is 5.77. The van der Waals surface area contributed by atoms with Crippen LogP contribution in [0.1, 0.15) is 17.3 Å². The van der Waals surface area contributed by atoms with Gasteiger partial charge in [-0.2, -0.15) is 0 Å². The zero-order valence-corrected chi connectivity index (χ0v) is 12.8. The van der Waals surface area contributed by atoms with Crippen LogP contribution in [0.4, 0.5) is 14.5 Å². The minimum Gasteiger partial charge on any atom is -0.484 e. The molecule has 0 aliphatic heterocycles. The fraction of sp³-hybridized carbons (Fsp3) is 0.125. The summed E-state index contributed by atoms with van der Waals surface area (Å²) < 4.78 is 32.0. The summed E-state index contributed by atoms with van der Waals surface area (Å²) in [5.41, 5.74) is 0.0615. The first-order chi connectivity index (χ1) is 10.9. The molecule has 2 aromatic rings. The van der Waals surface area contributed by atoms with Gasteiger partial charge in [0.1, 0.15) is 17.4 Å². The highest BCUT2D eigenvalue weighted by Gasteiger charge is 2.14. The number of amides is 1. The van der Waals surface area contributed by atoms with E-state index in [4.69, 9.17) is 16.3 Å². The molecule has 2 aromatic carbocycles. The van der Waals surface area contributed by atoms with Crippen molar-refractivity contribution in [3.63, 3.8) is 0 Å². The summed E-state index contributed by atoms with van der Waals surface area (Å²) in [6.45, 7) is 0.832. The molecule has 0 aromatic heterocycles. The van der Waals surface area contributed by atoms with Crippen LogP contribution < -0.4 is 10.1 Å². The van der Waals surface area contributed by atoms with Gasteiger partial charge in [0.15, 0.2) is 6.61 Å². The Kier molecular flexibility index (Phi) is 5.28. The van der Waals surface area contributed by atoms with Gasteiger partial charge in [-0.25, -0.2) is 8.78 Å². The molecule has 0 unspecified atom stereocenters. The standard InChI is InChI=1S/C16H12ClF2NO3/c1-9(21)20-11-3-4-12(14(19)7-11)15(22)8-23-16-5-2-10(18)6-13(16)17/h2-7H,8H2,1H3,(H,20,21). The third-order valence-electron chi connectivity index (χ3n) is 2.84. The first-order valence-electron chi connectivity index (χ1n) is 6.55. The average molecular weight is 340 g/mol. The largest absolute Gasteiger partial charge is 0.484 e. The summed E-state index contributed by atoms with van der Waals surface area (Å²) in [6, 6.07) is 7.15. The van der Waals surface area contributed by atoms with Gasteiger partial charge >= 0.3 is 0 Å². The molecule has 0 aliphatic rings. The Morgan fingerprint density at radius 3 is 2.52 bits per heavy atom. The molecule has 0 spiro atoms. The van der Waals surface area contributed by atoms with E-state index < -0.39 is 24.0 Å². The van der Waals surface area contributed by atoms with Crippen LogP contribution in [-0.2, 0) is 4.79 Å². The van der Waals surface area contributed by atoms with Crippen LogP contribution in [0, 0.1) is 11.6 Å². The number of anilines is 1. The van der Waals surface area contributed by atoms with Crippen molar-refractivity contribution in [1.29, 1.82) is 0 Å². The van der Waals surface area contributed by atoms with Crippen LogP contribution in [0.3, 0.4) is 0 Å². The average Bonchev–Trinajstić information content (AvgIpc) is 2.45. The summed E-state index contributed by atoms with van der Waals surface area (Å²) in [5.74, 6) is -2.16. The van der Waals surface area contributed by atoms with Gasteiger partial charge < -0.3 is 10.1 Å². The minimum absolute atomic E-state index is 0.0132. The second-order valence-corrected chi connectivity index (χ2v) is 5.07. The number of ether oxygens (including phenoxy) is 1. The molecule has 120 valence electrons. The number of nitrogens with one attached hydrogen (secondary N) is 1. The SMILES string of the molecule is CC(=O)Nc1ccc(C(=O)COc2ccc(F)cc2Cl)c(F)c1. The third kappa shape index (κ3) is 4.50. The number of benzene rings is 2. The maximum Gasteiger partial charge on any atom is 0.221 e. The van der Waals surface area contributed by atoms with Crippen LogP contribution in [0.2, 0.25) is 5.02 Å². The number of halogens is 3. The first kappa shape index (κ1) is 16.9. The number of hydrogen-bond donors (Lipinski definition) is 1. The zero-order chi connectivity index (χ0) is 17.0. The second-order valence-electron chi connectivity index (χ2n) is 4.66. The number of hydrogen-bond acceptors (Lipinski definition) is 3. The fourth-order valence-electron chi connectivity index (χ4n) is 1.84. The summed E-state index contributed by atoms with van der Waals surface area (Å²) in [4.78, 5) is 22.9. The molecule has 1 amide bonds. The van der Waals surface area contributed by atoms with Crippen LogP contribution in [-0.4, -0.2) is 18.3 Å². The van der Waals surface area contributed by atoms with Gasteiger partial charge in [-0.3, -0.25) is 9.59 Å². The van der Waals surface area contributed by atoms with Gasteiger partial charge in [0.2, 0.25) is 11.7 Å². The summed E-state index contributed by atoms with van der Waals surface area (Å²) in [5, 5.41) is 2.42. The Hall–Kier alpha value is -2.47. The van der Waals surface area contributed by atoms with Crippen molar-refractivity contribution in [2.75, 3.05) is 11.9 Å². The summed E-state index contributed by atoms with van der Waals surface area (Å²) in [6.07, 6.45) is 0. The Balaban J connectivity index is 2.07. The van der Waals surface area contributed by atoms with Crippen molar-refractivity contribution in [2.45, 2.75) is 6.92 Å². The first-order valence-corrected chi connectivity index (χ1v) is 6.93. The molecular formula is C16H12ClF2NO3. The summed E-state index contributed by atoms with van der Waals surface area (Å²) in [7, 11) is 0. The maximum atomic E-state index is 13.9. The van der Waals surface area contributed by atoms with Crippen LogP contribution in [0.15, 0.2) is 36.4 Å². The molecule has 23 heavy (non-hydrogen) atoms. The van der Waals surface area contributed by atoms with E-state index in [9.17, 15) is 18.4 Å². The smallest absolute Gasteiger partial charge is 0.221 e. The van der Waals surface area contributed by atoms with Gasteiger partial charge in [-0.05, 0) is 36.4 Å². The zero-order valence-electron chi connectivity index (χ0n) is 12.0. The molecule has 0 fully saturated rings. The van der Waals surface area contributed by atoms with Gasteiger partial charge in [-0.15, -0.1) is 0 Å². The van der Waals surface area contributed by atoms with Gasteiger partial charge in [0.05, 0.1) is 10.6 Å². The van der Waals surface area contributed by atoms with Crippen molar-refractivity contribution >= 4 is 29.0 Å². The molecule has 2 rings (SSSR count). The van der Waals surface area contributed by atoms with Crippen LogP contribution >= 0.6 is 11.6 Å². The van der Waals surface area contributed by atoms with Crippen molar-refractivity contribution < 1.29 is 23.1 Å². The number of Topliss-reactive ketones (excluding diaryl/α,β-unsaturated/α-hetero) is 1. The highest BCUT2D eigenvalue weighted by molar-refractivity contribution is 6.32. The lowest BCUT2D eigenvalue weighted by Crippen LogP contribution is -2.14. The number of ketones is 1. The molecule has 4 nitrogen and oxygen atoms in total. The molecule has 0 saturated heterocycles. The molecule has 0 aliphatic carbocycles. The van der Waals surface area contributed by atoms with Crippen molar-refractivity contribution in [1.82, 2.24) is 0 Å². The predicted octanol–water partition coefficient (Wildman–Crippen LogP) is 3.84. The molecule has 0 heterocycles. The van der Waals surface area contributed by atoms with Gasteiger partial charge in [0, 0.05) is 12.6 Å². The Bertz CT molecular complexity index is 765. The van der Waals surface area contributed by atoms with E-state index >= 15 is 0 Å². The second kappa shape index (κ2) is 7.19. The fourth-order valence-corrected chi connectivity index (χ4v) is 2.06.